The maximum atomic E-state index is 13.3. The van der Waals surface area contributed by atoms with Gasteiger partial charge in [0, 0.05) is 13.5 Å². The molecule has 4 saturated carbocycles. The molecule has 16 nitrogen and oxygen atoms in total. The van der Waals surface area contributed by atoms with Crippen molar-refractivity contribution >= 4 is 40.0 Å². The van der Waals surface area contributed by atoms with E-state index in [2.05, 4.69) is 32.4 Å². The predicted octanol–water partition coefficient (Wildman–Crippen LogP) is 12.2. The van der Waals surface area contributed by atoms with E-state index in [9.17, 15) is 50.1 Å². The molecule has 0 amide bonds. The van der Waals surface area contributed by atoms with Crippen LogP contribution in [0.25, 0.3) is 0 Å². The number of hydrogen-bond acceptors (Lipinski definition) is 16. The molecule has 4 bridgehead atoms. The maximum Gasteiger partial charge on any atom is 1.00 e. The van der Waals surface area contributed by atoms with Crippen molar-refractivity contribution in [1.82, 2.24) is 0 Å². The fraction of sp³-hybridized carbons (Fsp3) is 0.914. The summed E-state index contributed by atoms with van der Waals surface area (Å²) in [6.45, 7) is 31.9. The van der Waals surface area contributed by atoms with Crippen LogP contribution < -0.4 is 0 Å². The van der Waals surface area contributed by atoms with Crippen LogP contribution in [0, 0.1) is 51.8 Å². The number of carbonyl (C=O) groups is 5. The van der Waals surface area contributed by atoms with Gasteiger partial charge in [-0.1, -0.05) is 94.9 Å². The normalized spacial score (nSPS) is 21.0. The Morgan fingerprint density at radius 1 is 0.646 bits per heavy atom. The first-order valence-electron chi connectivity index (χ1n) is 28.9. The van der Waals surface area contributed by atoms with Crippen molar-refractivity contribution in [2.75, 3.05) is 65.7 Å². The largest absolute Gasteiger partial charge is 1.00 e. The van der Waals surface area contributed by atoms with Crippen molar-refractivity contribution in [2.24, 2.45) is 51.8 Å². The van der Waals surface area contributed by atoms with Crippen LogP contribution in [0.5, 0.6) is 0 Å². The van der Waals surface area contributed by atoms with Crippen molar-refractivity contribution in [3.05, 3.63) is 0 Å². The molecule has 4 fully saturated rings. The van der Waals surface area contributed by atoms with Gasteiger partial charge in [0.1, 0.15) is 12.2 Å². The first kappa shape index (κ1) is 78.7. The molecule has 0 radical (unpaired) electrons. The summed E-state index contributed by atoms with van der Waals surface area (Å²) in [5, 5.41) is 0. The first-order valence-corrected chi connectivity index (χ1v) is 30.4. The van der Waals surface area contributed by atoms with E-state index in [-0.39, 0.29) is 75.8 Å². The van der Waals surface area contributed by atoms with Gasteiger partial charge < -0.3 is 42.4 Å². The predicted molar refractivity (Wildman–Crippen MR) is 292 cm³/mol. The van der Waals surface area contributed by atoms with E-state index in [4.69, 9.17) is 33.2 Å². The van der Waals surface area contributed by atoms with E-state index >= 15 is 0 Å². The maximum absolute atomic E-state index is 13.3. The van der Waals surface area contributed by atoms with Gasteiger partial charge in [0.05, 0.1) is 90.2 Å². The van der Waals surface area contributed by atoms with Gasteiger partial charge in [-0.25, -0.2) is 8.42 Å². The molecular weight excluding hydrogens is 1150 g/mol. The molecule has 6 atom stereocenters. The average molecular weight is 1250 g/mol. The van der Waals surface area contributed by atoms with E-state index in [1.807, 2.05) is 55.4 Å². The average Bonchev–Trinajstić information content (AvgIpc) is 3.36. The van der Waals surface area contributed by atoms with Crippen LogP contribution in [-0.4, -0.2) is 126 Å². The molecule has 4 aliphatic rings. The van der Waals surface area contributed by atoms with Crippen molar-refractivity contribution in [3.8, 4) is 0 Å². The zero-order valence-electron chi connectivity index (χ0n) is 50.8. The van der Waals surface area contributed by atoms with Gasteiger partial charge in [-0.3, -0.25) is 24.0 Å². The summed E-state index contributed by atoms with van der Waals surface area (Å²) in [6, 6.07) is 0. The third kappa shape index (κ3) is 31.8. The minimum absolute atomic E-state index is 0. The molecule has 4 aliphatic carbocycles. The Hall–Kier alpha value is -2.33. The van der Waals surface area contributed by atoms with Crippen LogP contribution in [0.2, 0.25) is 0 Å². The number of unbranched alkanes of at least 4 members (excludes halogenated alkanes) is 2. The Kier molecular flexibility index (Phi) is 39.1. The van der Waals surface area contributed by atoms with Crippen LogP contribution in [0.4, 0.5) is 13.2 Å². The SMILES string of the molecule is CCC(C)(C)C(=O)OC12CC3CC(C1)CC(C(=O)OC(CS(=O)(=O)[O-])C(F)(F)F)(C3)C2.CCC(C)(C)C(=O)OCCCCC(C)C.CCC(C)C(=O)OCCOCCOCCOC.CCCCC(CC)COC(=O)C(C)CC.[Ag+]. The van der Waals surface area contributed by atoms with Crippen molar-refractivity contribution in [3.63, 3.8) is 0 Å². The number of esters is 5. The van der Waals surface area contributed by atoms with Gasteiger partial charge in [-0.2, -0.15) is 13.2 Å². The quantitative estimate of drug-likeness (QED) is 0.0196. The summed E-state index contributed by atoms with van der Waals surface area (Å²) in [5.74, 6) is -2.39. The molecule has 0 aromatic rings. The Bertz CT molecular complexity index is 1830. The number of hydrogen-bond donors (Lipinski definition) is 0. The third-order valence-corrected chi connectivity index (χ3v) is 16.0. The van der Waals surface area contributed by atoms with Gasteiger partial charge in [0.25, 0.3) is 0 Å². The van der Waals surface area contributed by atoms with E-state index in [1.54, 1.807) is 21.0 Å². The van der Waals surface area contributed by atoms with Crippen molar-refractivity contribution in [2.45, 2.75) is 224 Å². The van der Waals surface area contributed by atoms with Gasteiger partial charge in [-0.15, -0.1) is 0 Å². The first-order chi connectivity index (χ1) is 36.3. The molecule has 470 valence electrons. The van der Waals surface area contributed by atoms with Crippen LogP contribution in [-0.2, 0) is 94.4 Å². The minimum Gasteiger partial charge on any atom is -0.748 e. The summed E-state index contributed by atoms with van der Waals surface area (Å²) < 4.78 is 114. The molecule has 0 heterocycles. The number of halogens is 3. The Morgan fingerprint density at radius 3 is 1.61 bits per heavy atom. The van der Waals surface area contributed by atoms with E-state index in [1.165, 1.54) is 25.7 Å². The molecule has 6 unspecified atom stereocenters. The molecule has 0 saturated heterocycles. The molecular formula is C58H104AgF3O16S. The number of alkyl halides is 3. The monoisotopic (exact) mass is 1250 g/mol. The zero-order chi connectivity index (χ0) is 60.0. The summed E-state index contributed by atoms with van der Waals surface area (Å²) in [5.41, 5.74) is -3.28. The van der Waals surface area contributed by atoms with E-state index < -0.39 is 56.5 Å². The van der Waals surface area contributed by atoms with Crippen molar-refractivity contribution < 1.29 is 110 Å². The molecule has 21 heteroatoms. The topological polar surface area (TPSA) is 216 Å². The second kappa shape index (κ2) is 39.3. The molecule has 0 aromatic carbocycles. The Balaban J connectivity index is 0. The number of methoxy groups -OCH3 is 1. The summed E-state index contributed by atoms with van der Waals surface area (Å²) >= 11 is 0. The van der Waals surface area contributed by atoms with E-state index in [0.717, 1.165) is 50.9 Å². The standard InChI is InChI=1S/C20H29F3O7S.2C13H26O2.C12H24O5.Ag/c1-4-17(2,3)15(24)30-19-8-12-5-13(9-19)7-18(6-12,11-19)16(25)29-14(20(21,22)23)10-31(26,27)28;1-6-13(4,5)12(14)15-10-8-7-9-11(2)3;1-5-8-9-12(7-3)10-15-13(14)11(4)6-2;1-4-11(2)12(13)17-10-9-16-8-7-15-6-5-14-3;/h12-14H,4-11H2,1-3H3,(H,26,27,28);11H,6-10H2,1-5H3;11-12H,5-10H2,1-4H3;11H,4-10H2,1-3H3;/q;;;;+1/p-1. The summed E-state index contributed by atoms with van der Waals surface area (Å²) in [4.78, 5) is 60.0. The van der Waals surface area contributed by atoms with Gasteiger partial charge >= 0.3 is 58.4 Å². The number of rotatable bonds is 33. The minimum atomic E-state index is -5.27. The Labute approximate surface area is 489 Å². The summed E-state index contributed by atoms with van der Waals surface area (Å²) in [7, 11) is -3.64. The number of ether oxygens (including phenoxy) is 8. The molecule has 0 aliphatic heterocycles. The van der Waals surface area contributed by atoms with Gasteiger partial charge in [0.2, 0.25) is 6.10 Å². The molecule has 79 heavy (non-hydrogen) atoms. The molecule has 0 aromatic heterocycles. The zero-order valence-corrected chi connectivity index (χ0v) is 53.1. The second-order valence-corrected chi connectivity index (χ2v) is 25.0. The van der Waals surface area contributed by atoms with Crippen molar-refractivity contribution in [1.29, 1.82) is 0 Å². The third-order valence-electron chi connectivity index (χ3n) is 15.3. The van der Waals surface area contributed by atoms with Crippen LogP contribution >= 0.6 is 0 Å². The second-order valence-electron chi connectivity index (χ2n) is 23.5. The Morgan fingerprint density at radius 2 is 1.15 bits per heavy atom. The van der Waals surface area contributed by atoms with Gasteiger partial charge in [-0.05, 0) is 128 Å². The summed E-state index contributed by atoms with van der Waals surface area (Å²) in [6.07, 6.45) is 5.45. The smallest absolute Gasteiger partial charge is 0.748 e. The van der Waals surface area contributed by atoms with Crippen LogP contribution in [0.1, 0.15) is 206 Å². The van der Waals surface area contributed by atoms with Gasteiger partial charge in [0.15, 0.2) is 0 Å². The van der Waals surface area contributed by atoms with E-state index in [0.29, 0.717) is 90.9 Å². The fourth-order valence-corrected chi connectivity index (χ4v) is 9.82. The molecule has 0 spiro atoms. The molecule has 4 rings (SSSR count). The van der Waals surface area contributed by atoms with Crippen LogP contribution in [0.15, 0.2) is 0 Å². The number of carbonyl (C=O) groups excluding carboxylic acids is 5. The van der Waals surface area contributed by atoms with Crippen LogP contribution in [0.3, 0.4) is 0 Å². The molecule has 0 N–H and O–H groups in total. The fourth-order valence-electron chi connectivity index (χ4n) is 9.19.